The van der Waals surface area contributed by atoms with E-state index in [1.54, 1.807) is 10.9 Å². The van der Waals surface area contributed by atoms with E-state index >= 15 is 0 Å². The average molecular weight is 319 g/mol. The van der Waals surface area contributed by atoms with Crippen molar-refractivity contribution < 1.29 is 4.42 Å². The summed E-state index contributed by atoms with van der Waals surface area (Å²) in [5, 5.41) is 5.39. The fraction of sp³-hybridized carbons (Fsp3) is 0.167. The fourth-order valence-corrected chi connectivity index (χ4v) is 2.85. The van der Waals surface area contributed by atoms with Gasteiger partial charge >= 0.3 is 0 Å². The van der Waals surface area contributed by atoms with Gasteiger partial charge in [-0.15, -0.1) is 0 Å². The van der Waals surface area contributed by atoms with Gasteiger partial charge in [-0.05, 0) is 38.1 Å². The lowest BCUT2D eigenvalue weighted by Crippen LogP contribution is -2.16. The molecule has 6 heteroatoms. The Hall–Kier alpha value is -2.99. The lowest BCUT2D eigenvalue weighted by molar-refractivity contribution is 0.487. The zero-order chi connectivity index (χ0) is 16.7. The van der Waals surface area contributed by atoms with Gasteiger partial charge in [0.05, 0.1) is 23.2 Å². The molecule has 1 aromatic carbocycles. The van der Waals surface area contributed by atoms with Gasteiger partial charge in [0.25, 0.3) is 5.95 Å². The molecular weight excluding hydrogens is 302 g/mol. The van der Waals surface area contributed by atoms with Crippen molar-refractivity contribution in [3.8, 4) is 5.95 Å². The normalized spacial score (nSPS) is 12.6. The van der Waals surface area contributed by atoms with Crippen LogP contribution in [0.4, 0.5) is 0 Å². The van der Waals surface area contributed by atoms with Crippen molar-refractivity contribution >= 4 is 10.9 Å². The lowest BCUT2D eigenvalue weighted by atomic mass is 10.1. The summed E-state index contributed by atoms with van der Waals surface area (Å²) in [4.78, 5) is 9.35. The summed E-state index contributed by atoms with van der Waals surface area (Å²) in [5.74, 6) is 1.18. The number of furan rings is 1. The minimum absolute atomic E-state index is 0.469. The first kappa shape index (κ1) is 14.6. The molecule has 0 spiro atoms. The highest BCUT2D eigenvalue weighted by atomic mass is 16.3. The van der Waals surface area contributed by atoms with Crippen molar-refractivity contribution in [1.29, 1.82) is 0 Å². The van der Waals surface area contributed by atoms with Crippen molar-refractivity contribution in [2.75, 3.05) is 0 Å². The molecule has 0 radical (unpaired) electrons. The van der Waals surface area contributed by atoms with E-state index in [1.807, 2.05) is 56.3 Å². The van der Waals surface area contributed by atoms with Crippen LogP contribution in [0.5, 0.6) is 0 Å². The molecule has 0 aliphatic rings. The highest BCUT2D eigenvalue weighted by molar-refractivity contribution is 5.82. The smallest absolute Gasteiger partial charge is 0.251 e. The highest BCUT2D eigenvalue weighted by Crippen LogP contribution is 2.26. The predicted molar refractivity (Wildman–Crippen MR) is 90.9 cm³/mol. The Morgan fingerprint density at radius 1 is 1.08 bits per heavy atom. The number of nitrogens with zero attached hydrogens (tertiary/aromatic N) is 4. The zero-order valence-corrected chi connectivity index (χ0v) is 13.5. The quantitative estimate of drug-likeness (QED) is 0.627. The highest BCUT2D eigenvalue weighted by Gasteiger charge is 2.19. The van der Waals surface area contributed by atoms with Gasteiger partial charge in [-0.1, -0.05) is 18.2 Å². The molecule has 6 nitrogen and oxygen atoms in total. The van der Waals surface area contributed by atoms with Gasteiger partial charge in [0.1, 0.15) is 11.8 Å². The Labute approximate surface area is 139 Å². The topological polar surface area (TPSA) is 82.8 Å². The molecule has 4 aromatic rings. The van der Waals surface area contributed by atoms with E-state index in [0.717, 1.165) is 28.0 Å². The van der Waals surface area contributed by atoms with Gasteiger partial charge < -0.3 is 10.2 Å². The monoisotopic (exact) mass is 319 g/mol. The van der Waals surface area contributed by atoms with Gasteiger partial charge in [0, 0.05) is 11.1 Å². The van der Waals surface area contributed by atoms with Crippen LogP contribution in [-0.4, -0.2) is 19.7 Å². The van der Waals surface area contributed by atoms with Crippen molar-refractivity contribution in [3.05, 3.63) is 71.6 Å². The third-order valence-electron chi connectivity index (χ3n) is 3.96. The minimum Gasteiger partial charge on any atom is -0.467 e. The molecule has 24 heavy (non-hydrogen) atoms. The molecule has 0 saturated carbocycles. The number of para-hydroxylation sites is 1. The van der Waals surface area contributed by atoms with Gasteiger partial charge in [-0.2, -0.15) is 5.10 Å². The van der Waals surface area contributed by atoms with Gasteiger partial charge in [0.15, 0.2) is 0 Å². The van der Waals surface area contributed by atoms with Crippen LogP contribution in [0, 0.1) is 13.8 Å². The summed E-state index contributed by atoms with van der Waals surface area (Å²) in [6.45, 7) is 3.92. The second-order valence-corrected chi connectivity index (χ2v) is 5.76. The Kier molecular flexibility index (Phi) is 3.39. The SMILES string of the molecule is Cc1cc(C)n(-c2nc(C(N)c3ccco3)c3ccccc3n2)n1. The number of rotatable bonds is 3. The average Bonchev–Trinajstić information content (AvgIpc) is 3.23. The molecule has 120 valence electrons. The summed E-state index contributed by atoms with van der Waals surface area (Å²) in [7, 11) is 0. The maximum atomic E-state index is 6.40. The molecule has 0 fully saturated rings. The number of fused-ring (bicyclic) bond motifs is 1. The van der Waals surface area contributed by atoms with Crippen LogP contribution in [0.25, 0.3) is 16.9 Å². The van der Waals surface area contributed by atoms with E-state index in [2.05, 4.69) is 10.1 Å². The van der Waals surface area contributed by atoms with Crippen LogP contribution < -0.4 is 5.73 Å². The molecule has 1 atom stereocenters. The number of hydrogen-bond donors (Lipinski definition) is 1. The van der Waals surface area contributed by atoms with E-state index in [4.69, 9.17) is 15.1 Å². The Morgan fingerprint density at radius 3 is 2.62 bits per heavy atom. The number of benzene rings is 1. The largest absolute Gasteiger partial charge is 0.467 e. The first-order valence-electron chi connectivity index (χ1n) is 7.73. The molecule has 4 rings (SSSR count). The van der Waals surface area contributed by atoms with Crippen molar-refractivity contribution in [2.24, 2.45) is 5.73 Å². The zero-order valence-electron chi connectivity index (χ0n) is 13.5. The third-order valence-corrected chi connectivity index (χ3v) is 3.96. The summed E-state index contributed by atoms with van der Waals surface area (Å²) in [6.07, 6.45) is 1.61. The predicted octanol–water partition coefficient (Wildman–Crippen LogP) is 3.07. The molecule has 0 aliphatic carbocycles. The van der Waals surface area contributed by atoms with Crippen molar-refractivity contribution in [1.82, 2.24) is 19.7 Å². The van der Waals surface area contributed by atoms with Crippen molar-refractivity contribution in [2.45, 2.75) is 19.9 Å². The number of nitrogens with two attached hydrogens (primary N) is 1. The number of aromatic nitrogens is 4. The molecule has 0 bridgehead atoms. The van der Waals surface area contributed by atoms with Crippen LogP contribution in [0.3, 0.4) is 0 Å². The van der Waals surface area contributed by atoms with Gasteiger partial charge in [-0.3, -0.25) is 0 Å². The molecule has 1 unspecified atom stereocenters. The molecule has 3 aromatic heterocycles. The first-order valence-corrected chi connectivity index (χ1v) is 7.73. The van der Waals surface area contributed by atoms with Crippen LogP contribution in [0.2, 0.25) is 0 Å². The van der Waals surface area contributed by atoms with E-state index in [9.17, 15) is 0 Å². The standard InChI is InChI=1S/C18H17N5O/c1-11-10-12(2)23(22-11)18-20-14-7-4-3-6-13(14)17(21-18)16(19)15-8-5-9-24-15/h3-10,16H,19H2,1-2H3. The maximum absolute atomic E-state index is 6.40. The van der Waals surface area contributed by atoms with Crippen LogP contribution in [0.15, 0.2) is 53.1 Å². The molecular formula is C18H17N5O. The van der Waals surface area contributed by atoms with Gasteiger partial charge in [0.2, 0.25) is 0 Å². The second kappa shape index (κ2) is 5.58. The summed E-state index contributed by atoms with van der Waals surface area (Å²) in [6, 6.07) is 13.0. The summed E-state index contributed by atoms with van der Waals surface area (Å²) in [5.41, 5.74) is 9.84. The van der Waals surface area contributed by atoms with Gasteiger partial charge in [-0.25, -0.2) is 14.6 Å². The van der Waals surface area contributed by atoms with E-state index in [-0.39, 0.29) is 0 Å². The van der Waals surface area contributed by atoms with Crippen LogP contribution in [0.1, 0.15) is 28.9 Å². The van der Waals surface area contributed by atoms with E-state index in [0.29, 0.717) is 11.7 Å². The number of hydrogen-bond acceptors (Lipinski definition) is 5. The molecule has 0 saturated heterocycles. The van der Waals surface area contributed by atoms with E-state index in [1.165, 1.54) is 0 Å². The summed E-state index contributed by atoms with van der Waals surface area (Å²) < 4.78 is 7.20. The molecule has 3 heterocycles. The second-order valence-electron chi connectivity index (χ2n) is 5.76. The Morgan fingerprint density at radius 2 is 1.92 bits per heavy atom. The minimum atomic E-state index is -0.469. The Balaban J connectivity index is 1.96. The number of aryl methyl sites for hydroxylation is 2. The lowest BCUT2D eigenvalue weighted by Gasteiger charge is -2.13. The van der Waals surface area contributed by atoms with Crippen LogP contribution >= 0.6 is 0 Å². The fourth-order valence-electron chi connectivity index (χ4n) is 2.85. The first-order chi connectivity index (χ1) is 11.6. The molecule has 0 aliphatic heterocycles. The molecule has 0 amide bonds. The summed E-state index contributed by atoms with van der Waals surface area (Å²) >= 11 is 0. The van der Waals surface area contributed by atoms with Crippen LogP contribution in [-0.2, 0) is 0 Å². The Bertz CT molecular complexity index is 1000. The maximum Gasteiger partial charge on any atom is 0.251 e. The van der Waals surface area contributed by atoms with E-state index < -0.39 is 6.04 Å². The molecule has 2 N–H and O–H groups in total. The van der Waals surface area contributed by atoms with Crippen molar-refractivity contribution in [3.63, 3.8) is 0 Å². The third kappa shape index (κ3) is 2.37.